The molecule has 0 saturated carbocycles. The van der Waals surface area contributed by atoms with Gasteiger partial charge in [-0.15, -0.1) is 0 Å². The van der Waals surface area contributed by atoms with Gasteiger partial charge in [-0.05, 0) is 55.7 Å². The lowest BCUT2D eigenvalue weighted by molar-refractivity contribution is -0.885. The highest BCUT2D eigenvalue weighted by atomic mass is 35.5. The van der Waals surface area contributed by atoms with Crippen LogP contribution < -0.4 is 19.7 Å². The Labute approximate surface area is 166 Å². The smallest absolute Gasteiger partial charge is 0.279 e. The molecule has 1 amide bonds. The molecule has 0 aliphatic carbocycles. The summed E-state index contributed by atoms with van der Waals surface area (Å²) in [6.07, 6.45) is 0. The van der Waals surface area contributed by atoms with Crippen LogP contribution in [0.25, 0.3) is 0 Å². The Kier molecular flexibility index (Phi) is 7.11. The first kappa shape index (κ1) is 21.1. The molecule has 2 rings (SSSR count). The number of rotatable bonds is 7. The lowest BCUT2D eigenvalue weighted by Crippen LogP contribution is -3.08. The fourth-order valence-electron chi connectivity index (χ4n) is 3.13. The lowest BCUT2D eigenvalue weighted by Gasteiger charge is -2.18. The summed E-state index contributed by atoms with van der Waals surface area (Å²) in [5, 5.41) is 3.51. The maximum absolute atomic E-state index is 12.5. The molecule has 27 heavy (non-hydrogen) atoms. The Morgan fingerprint density at radius 1 is 1.04 bits per heavy atom. The molecule has 146 valence electrons. The highest BCUT2D eigenvalue weighted by molar-refractivity contribution is 6.34. The van der Waals surface area contributed by atoms with Crippen LogP contribution in [-0.4, -0.2) is 33.7 Å². The number of benzene rings is 2. The first-order valence-electron chi connectivity index (χ1n) is 8.84. The Morgan fingerprint density at radius 2 is 1.67 bits per heavy atom. The molecule has 2 aromatic rings. The molecule has 0 aliphatic heterocycles. The zero-order valence-electron chi connectivity index (χ0n) is 16.8. The van der Waals surface area contributed by atoms with Crippen LogP contribution in [0.3, 0.4) is 0 Å². The number of quaternary nitrogens is 1. The number of ether oxygens (including phenoxy) is 2. The summed E-state index contributed by atoms with van der Waals surface area (Å²) in [6.45, 7) is 6.98. The third-order valence-electron chi connectivity index (χ3n) is 4.49. The number of anilines is 1. The summed E-state index contributed by atoms with van der Waals surface area (Å²) in [5.41, 5.74) is 4.93. The maximum Gasteiger partial charge on any atom is 0.279 e. The molecule has 2 N–H and O–H groups in total. The van der Waals surface area contributed by atoms with Gasteiger partial charge in [-0.1, -0.05) is 17.7 Å². The predicted octanol–water partition coefficient (Wildman–Crippen LogP) is 2.94. The number of methoxy groups -OCH3 is 2. The molecule has 5 nitrogen and oxygen atoms in total. The molecule has 0 heterocycles. The fraction of sp³-hybridized carbons (Fsp3) is 0.381. The third-order valence-corrected chi connectivity index (χ3v) is 4.79. The van der Waals surface area contributed by atoms with Crippen LogP contribution in [0.4, 0.5) is 5.69 Å². The number of halogens is 1. The normalized spacial score (nSPS) is 11.8. The zero-order chi connectivity index (χ0) is 20.1. The number of hydrogen-bond acceptors (Lipinski definition) is 3. The summed E-state index contributed by atoms with van der Waals surface area (Å²) < 4.78 is 10.7. The van der Waals surface area contributed by atoms with Gasteiger partial charge in [0.15, 0.2) is 18.0 Å². The van der Waals surface area contributed by atoms with E-state index >= 15 is 0 Å². The molecule has 6 heteroatoms. The van der Waals surface area contributed by atoms with E-state index in [0.717, 1.165) is 27.2 Å². The molecule has 0 aliphatic rings. The van der Waals surface area contributed by atoms with Gasteiger partial charge in [0.05, 0.1) is 32.0 Å². The van der Waals surface area contributed by atoms with Crippen LogP contribution in [0.5, 0.6) is 11.5 Å². The average Bonchev–Trinajstić information content (AvgIpc) is 2.59. The van der Waals surface area contributed by atoms with Crippen molar-refractivity contribution in [2.45, 2.75) is 27.3 Å². The van der Waals surface area contributed by atoms with Crippen molar-refractivity contribution in [1.29, 1.82) is 0 Å². The largest absolute Gasteiger partial charge is 0.493 e. The standard InChI is InChI=1S/C21H27ClN2O3/c1-13-7-15(3)21(17(22)8-13)23-20(25)12-24(4)11-16-10-19(27-6)18(26-5)9-14(16)2/h7-10H,11-12H2,1-6H3,(H,23,25)/p+1. The molecule has 0 saturated heterocycles. The van der Waals surface area contributed by atoms with E-state index in [4.69, 9.17) is 21.1 Å². The van der Waals surface area contributed by atoms with E-state index in [2.05, 4.69) is 5.32 Å². The average molecular weight is 392 g/mol. The van der Waals surface area contributed by atoms with E-state index in [0.29, 0.717) is 35.3 Å². The number of hydrogen-bond donors (Lipinski definition) is 2. The summed E-state index contributed by atoms with van der Waals surface area (Å²) in [6, 6.07) is 7.78. The van der Waals surface area contributed by atoms with Gasteiger partial charge in [0.2, 0.25) is 0 Å². The SMILES string of the molecule is COc1cc(C)c(C[NH+](C)CC(=O)Nc2c(C)cc(C)cc2Cl)cc1OC. The van der Waals surface area contributed by atoms with Crippen molar-refractivity contribution >= 4 is 23.2 Å². The van der Waals surface area contributed by atoms with Crippen LogP contribution in [0.1, 0.15) is 22.3 Å². The van der Waals surface area contributed by atoms with Crippen LogP contribution in [0.2, 0.25) is 5.02 Å². The molecule has 2 aromatic carbocycles. The number of aryl methyl sites for hydroxylation is 3. The number of amides is 1. The van der Waals surface area contributed by atoms with Crippen molar-refractivity contribution in [1.82, 2.24) is 0 Å². The Balaban J connectivity index is 2.06. The van der Waals surface area contributed by atoms with Gasteiger partial charge in [-0.2, -0.15) is 0 Å². The van der Waals surface area contributed by atoms with Gasteiger partial charge in [-0.3, -0.25) is 4.79 Å². The number of carbonyl (C=O) groups is 1. The van der Waals surface area contributed by atoms with E-state index in [1.165, 1.54) is 0 Å². The number of likely N-dealkylation sites (N-methyl/N-ethyl adjacent to an activating group) is 1. The van der Waals surface area contributed by atoms with Gasteiger partial charge >= 0.3 is 0 Å². The fourth-order valence-corrected chi connectivity index (χ4v) is 3.50. The Hall–Kier alpha value is -2.24. The summed E-state index contributed by atoms with van der Waals surface area (Å²) in [5.74, 6) is 1.33. The Morgan fingerprint density at radius 3 is 2.26 bits per heavy atom. The van der Waals surface area contributed by atoms with Gasteiger partial charge in [-0.25, -0.2) is 0 Å². The monoisotopic (exact) mass is 391 g/mol. The van der Waals surface area contributed by atoms with E-state index in [1.807, 2.05) is 52.1 Å². The molecule has 0 spiro atoms. The van der Waals surface area contributed by atoms with Crippen LogP contribution >= 0.6 is 11.6 Å². The van der Waals surface area contributed by atoms with Crippen molar-refractivity contribution in [3.05, 3.63) is 51.5 Å². The second-order valence-electron chi connectivity index (χ2n) is 6.93. The minimum absolute atomic E-state index is 0.0699. The summed E-state index contributed by atoms with van der Waals surface area (Å²) >= 11 is 6.28. The number of carbonyl (C=O) groups excluding carboxylic acids is 1. The van der Waals surface area contributed by atoms with Crippen molar-refractivity contribution in [3.63, 3.8) is 0 Å². The molecule has 0 bridgehead atoms. The molecular weight excluding hydrogens is 364 g/mol. The minimum Gasteiger partial charge on any atom is -0.493 e. The predicted molar refractivity (Wildman–Crippen MR) is 109 cm³/mol. The molecule has 1 unspecified atom stereocenters. The van der Waals surface area contributed by atoms with Gasteiger partial charge in [0.1, 0.15) is 6.54 Å². The van der Waals surface area contributed by atoms with Crippen LogP contribution in [0.15, 0.2) is 24.3 Å². The minimum atomic E-state index is -0.0699. The summed E-state index contributed by atoms with van der Waals surface area (Å²) in [7, 11) is 5.23. The quantitative estimate of drug-likeness (QED) is 0.763. The zero-order valence-corrected chi connectivity index (χ0v) is 17.6. The van der Waals surface area contributed by atoms with Crippen molar-refractivity contribution in [3.8, 4) is 11.5 Å². The van der Waals surface area contributed by atoms with E-state index in [1.54, 1.807) is 14.2 Å². The maximum atomic E-state index is 12.5. The molecule has 0 aromatic heterocycles. The van der Waals surface area contributed by atoms with E-state index in [-0.39, 0.29) is 5.91 Å². The van der Waals surface area contributed by atoms with Crippen molar-refractivity contribution in [2.24, 2.45) is 0 Å². The van der Waals surface area contributed by atoms with E-state index in [9.17, 15) is 4.79 Å². The molecular formula is C21H28ClN2O3+. The van der Waals surface area contributed by atoms with Crippen molar-refractivity contribution in [2.75, 3.05) is 33.1 Å². The summed E-state index contributed by atoms with van der Waals surface area (Å²) in [4.78, 5) is 13.5. The Bertz CT molecular complexity index is 813. The second kappa shape index (κ2) is 9.11. The first-order valence-corrected chi connectivity index (χ1v) is 9.22. The van der Waals surface area contributed by atoms with Crippen molar-refractivity contribution < 1.29 is 19.2 Å². The second-order valence-corrected chi connectivity index (χ2v) is 7.34. The van der Waals surface area contributed by atoms with Gasteiger partial charge < -0.3 is 19.7 Å². The topological polar surface area (TPSA) is 52.0 Å². The van der Waals surface area contributed by atoms with Crippen LogP contribution in [-0.2, 0) is 11.3 Å². The van der Waals surface area contributed by atoms with E-state index < -0.39 is 0 Å². The molecule has 0 radical (unpaired) electrons. The highest BCUT2D eigenvalue weighted by Gasteiger charge is 2.16. The lowest BCUT2D eigenvalue weighted by atomic mass is 10.1. The van der Waals surface area contributed by atoms with Gasteiger partial charge in [0.25, 0.3) is 5.91 Å². The first-order chi connectivity index (χ1) is 12.7. The molecule has 0 fully saturated rings. The van der Waals surface area contributed by atoms with Crippen LogP contribution in [0, 0.1) is 20.8 Å². The number of nitrogens with one attached hydrogen (secondary N) is 2. The molecule has 1 atom stereocenters. The third kappa shape index (κ3) is 5.37. The highest BCUT2D eigenvalue weighted by Crippen LogP contribution is 2.30. The van der Waals surface area contributed by atoms with Gasteiger partial charge in [0, 0.05) is 5.56 Å².